The first-order chi connectivity index (χ1) is 9.74. The summed E-state index contributed by atoms with van der Waals surface area (Å²) in [6.45, 7) is 5.68. The van der Waals surface area contributed by atoms with E-state index in [1.165, 1.54) is 6.33 Å². The lowest BCUT2D eigenvalue weighted by Crippen LogP contribution is -2.16. The number of hydrogen-bond donors (Lipinski definition) is 3. The second kappa shape index (κ2) is 6.85. The predicted molar refractivity (Wildman–Crippen MR) is 79.3 cm³/mol. The fraction of sp³-hybridized carbons (Fsp3) is 0.462. The summed E-state index contributed by atoms with van der Waals surface area (Å²) in [4.78, 5) is 8.44. The van der Waals surface area contributed by atoms with Crippen molar-refractivity contribution in [2.75, 3.05) is 17.3 Å². The minimum Gasteiger partial charge on any atom is -0.368 e. The van der Waals surface area contributed by atoms with E-state index >= 15 is 0 Å². The summed E-state index contributed by atoms with van der Waals surface area (Å²) in [5.74, 6) is 7.00. The fourth-order valence-electron chi connectivity index (χ4n) is 2.05. The molecule has 0 aliphatic carbocycles. The molecule has 7 nitrogen and oxygen atoms in total. The highest BCUT2D eigenvalue weighted by Crippen LogP contribution is 2.20. The zero-order chi connectivity index (χ0) is 14.4. The van der Waals surface area contributed by atoms with Gasteiger partial charge in [-0.3, -0.25) is 4.68 Å². The molecular weight excluding hydrogens is 254 g/mol. The van der Waals surface area contributed by atoms with Gasteiger partial charge in [0.2, 0.25) is 0 Å². The molecule has 0 radical (unpaired) electrons. The molecule has 0 amide bonds. The lowest BCUT2D eigenvalue weighted by molar-refractivity contribution is 0.636. The molecule has 0 bridgehead atoms. The maximum absolute atomic E-state index is 5.49. The second-order valence-corrected chi connectivity index (χ2v) is 4.65. The number of rotatable bonds is 7. The van der Waals surface area contributed by atoms with E-state index < -0.39 is 0 Å². The molecule has 0 fully saturated rings. The molecule has 2 aromatic rings. The van der Waals surface area contributed by atoms with Gasteiger partial charge in [0.25, 0.3) is 0 Å². The molecule has 0 aromatic carbocycles. The van der Waals surface area contributed by atoms with E-state index in [0.717, 1.165) is 42.9 Å². The number of hydrogen-bond acceptors (Lipinski definition) is 6. The normalized spacial score (nSPS) is 10.6. The zero-order valence-corrected chi connectivity index (χ0v) is 11.9. The van der Waals surface area contributed by atoms with Crippen molar-refractivity contribution < 1.29 is 0 Å². The van der Waals surface area contributed by atoms with Crippen molar-refractivity contribution in [1.82, 2.24) is 19.7 Å². The first-order valence-electron chi connectivity index (χ1n) is 6.78. The molecule has 0 saturated carbocycles. The van der Waals surface area contributed by atoms with Crippen LogP contribution in [0.15, 0.2) is 18.7 Å². The summed E-state index contributed by atoms with van der Waals surface area (Å²) in [5.41, 5.74) is 4.81. The standard InChI is InChI=1S/C13H21N7/c1-3-4-11-12(16-9-17-13(11)19-14)15-5-6-20-8-10(2)7-18-20/h7-9H,3-6,14H2,1-2H3,(H2,15,16,17,19). The molecule has 2 heterocycles. The largest absolute Gasteiger partial charge is 0.368 e. The SMILES string of the molecule is CCCc1c(NN)ncnc1NCCn1cc(C)cn1. The Morgan fingerprint density at radius 1 is 1.30 bits per heavy atom. The van der Waals surface area contributed by atoms with Gasteiger partial charge in [0.05, 0.1) is 12.7 Å². The Labute approximate surface area is 118 Å². The van der Waals surface area contributed by atoms with E-state index in [-0.39, 0.29) is 0 Å². The van der Waals surface area contributed by atoms with E-state index in [9.17, 15) is 0 Å². The third-order valence-corrected chi connectivity index (χ3v) is 2.98. The summed E-state index contributed by atoms with van der Waals surface area (Å²) in [7, 11) is 0. The maximum atomic E-state index is 5.49. The van der Waals surface area contributed by atoms with Crippen LogP contribution in [-0.4, -0.2) is 26.3 Å². The van der Waals surface area contributed by atoms with Crippen LogP contribution in [0.1, 0.15) is 24.5 Å². The van der Waals surface area contributed by atoms with Gasteiger partial charge in [-0.05, 0) is 18.9 Å². The van der Waals surface area contributed by atoms with E-state index in [1.54, 1.807) is 0 Å². The van der Waals surface area contributed by atoms with Crippen molar-refractivity contribution in [2.24, 2.45) is 5.84 Å². The lowest BCUT2D eigenvalue weighted by Gasteiger charge is -2.13. The number of hydrazine groups is 1. The van der Waals surface area contributed by atoms with Crippen molar-refractivity contribution in [3.05, 3.63) is 29.8 Å². The first kappa shape index (κ1) is 14.3. The van der Waals surface area contributed by atoms with E-state index in [1.807, 2.05) is 24.0 Å². The Morgan fingerprint density at radius 3 is 2.75 bits per heavy atom. The zero-order valence-electron chi connectivity index (χ0n) is 11.9. The minimum absolute atomic E-state index is 0.680. The Morgan fingerprint density at radius 2 is 2.10 bits per heavy atom. The molecule has 2 rings (SSSR count). The number of anilines is 2. The van der Waals surface area contributed by atoms with Gasteiger partial charge >= 0.3 is 0 Å². The van der Waals surface area contributed by atoms with Crippen LogP contribution < -0.4 is 16.6 Å². The third kappa shape index (κ3) is 3.45. The number of nitrogen functional groups attached to an aromatic ring is 1. The predicted octanol–water partition coefficient (Wildman–Crippen LogP) is 1.33. The topological polar surface area (TPSA) is 93.7 Å². The van der Waals surface area contributed by atoms with Crippen LogP contribution >= 0.6 is 0 Å². The van der Waals surface area contributed by atoms with Gasteiger partial charge in [0.1, 0.15) is 18.0 Å². The molecule has 0 aliphatic rings. The van der Waals surface area contributed by atoms with Gasteiger partial charge in [0, 0.05) is 18.3 Å². The summed E-state index contributed by atoms with van der Waals surface area (Å²) in [5, 5.41) is 7.57. The maximum Gasteiger partial charge on any atom is 0.148 e. The first-order valence-corrected chi connectivity index (χ1v) is 6.78. The quantitative estimate of drug-likeness (QED) is 0.521. The van der Waals surface area contributed by atoms with Crippen molar-refractivity contribution in [2.45, 2.75) is 33.2 Å². The molecule has 0 spiro atoms. The highest BCUT2D eigenvalue weighted by atomic mass is 15.3. The molecule has 4 N–H and O–H groups in total. The van der Waals surface area contributed by atoms with Crippen LogP contribution in [0.5, 0.6) is 0 Å². The molecule has 0 unspecified atom stereocenters. The Bertz CT molecular complexity index is 549. The Kier molecular flexibility index (Phi) is 4.89. The smallest absolute Gasteiger partial charge is 0.148 e. The van der Waals surface area contributed by atoms with Crippen LogP contribution in [0.4, 0.5) is 11.6 Å². The van der Waals surface area contributed by atoms with Crippen LogP contribution in [0.25, 0.3) is 0 Å². The molecule has 0 atom stereocenters. The monoisotopic (exact) mass is 275 g/mol. The molecule has 0 saturated heterocycles. The average Bonchev–Trinajstić information content (AvgIpc) is 2.86. The number of aromatic nitrogens is 4. The summed E-state index contributed by atoms with van der Waals surface area (Å²) >= 11 is 0. The Balaban J connectivity index is 2.01. The summed E-state index contributed by atoms with van der Waals surface area (Å²) in [6.07, 6.45) is 7.26. The number of nitrogens with zero attached hydrogens (tertiary/aromatic N) is 4. The van der Waals surface area contributed by atoms with Gasteiger partial charge in [-0.1, -0.05) is 13.3 Å². The van der Waals surface area contributed by atoms with Crippen molar-refractivity contribution in [3.8, 4) is 0 Å². The van der Waals surface area contributed by atoms with Crippen LogP contribution in [0.3, 0.4) is 0 Å². The summed E-state index contributed by atoms with van der Waals surface area (Å²) < 4.78 is 1.91. The minimum atomic E-state index is 0.680. The summed E-state index contributed by atoms with van der Waals surface area (Å²) in [6, 6.07) is 0. The fourth-order valence-corrected chi connectivity index (χ4v) is 2.05. The second-order valence-electron chi connectivity index (χ2n) is 4.65. The van der Waals surface area contributed by atoms with E-state index in [2.05, 4.69) is 32.7 Å². The van der Waals surface area contributed by atoms with Crippen LogP contribution in [-0.2, 0) is 13.0 Å². The van der Waals surface area contributed by atoms with Gasteiger partial charge in [-0.2, -0.15) is 5.10 Å². The molecule has 0 aliphatic heterocycles. The van der Waals surface area contributed by atoms with Crippen LogP contribution in [0, 0.1) is 6.92 Å². The molecule has 7 heteroatoms. The van der Waals surface area contributed by atoms with Crippen molar-refractivity contribution >= 4 is 11.6 Å². The van der Waals surface area contributed by atoms with Gasteiger partial charge < -0.3 is 10.7 Å². The highest BCUT2D eigenvalue weighted by molar-refractivity contribution is 5.56. The average molecular weight is 275 g/mol. The van der Waals surface area contributed by atoms with Gasteiger partial charge in [-0.25, -0.2) is 15.8 Å². The molecule has 2 aromatic heterocycles. The number of aryl methyl sites for hydroxylation is 1. The lowest BCUT2D eigenvalue weighted by atomic mass is 10.1. The molecule has 108 valence electrons. The number of nitrogens with one attached hydrogen (secondary N) is 2. The van der Waals surface area contributed by atoms with Gasteiger partial charge in [0.15, 0.2) is 0 Å². The van der Waals surface area contributed by atoms with Gasteiger partial charge in [-0.15, -0.1) is 0 Å². The Hall–Kier alpha value is -2.15. The third-order valence-electron chi connectivity index (χ3n) is 2.98. The molecular formula is C13H21N7. The van der Waals surface area contributed by atoms with E-state index in [0.29, 0.717) is 5.82 Å². The van der Waals surface area contributed by atoms with E-state index in [4.69, 9.17) is 5.84 Å². The highest BCUT2D eigenvalue weighted by Gasteiger charge is 2.09. The number of nitrogens with two attached hydrogens (primary N) is 1. The van der Waals surface area contributed by atoms with Crippen molar-refractivity contribution in [3.63, 3.8) is 0 Å². The van der Waals surface area contributed by atoms with Crippen LogP contribution in [0.2, 0.25) is 0 Å². The van der Waals surface area contributed by atoms with Crippen molar-refractivity contribution in [1.29, 1.82) is 0 Å². The molecule has 20 heavy (non-hydrogen) atoms.